The van der Waals surface area contributed by atoms with Crippen LogP contribution in [0, 0.1) is 5.92 Å². The van der Waals surface area contributed by atoms with Gasteiger partial charge in [-0.2, -0.15) is 0 Å². The lowest BCUT2D eigenvalue weighted by Gasteiger charge is -2.17. The number of ketones is 1. The van der Waals surface area contributed by atoms with E-state index in [-0.39, 0.29) is 23.1 Å². The number of rotatable bonds is 1. The van der Waals surface area contributed by atoms with Crippen molar-refractivity contribution >= 4 is 28.8 Å². The highest BCUT2D eigenvalue weighted by Crippen LogP contribution is 2.23. The summed E-state index contributed by atoms with van der Waals surface area (Å²) in [6.07, 6.45) is 6.17. The molecule has 0 heterocycles. The molecule has 0 radical (unpaired) electrons. The Morgan fingerprint density at radius 1 is 1.20 bits per heavy atom. The summed E-state index contributed by atoms with van der Waals surface area (Å²) in [5.41, 5.74) is 0. The van der Waals surface area contributed by atoms with Crippen LogP contribution < -0.4 is 0 Å². The van der Waals surface area contributed by atoms with Crippen molar-refractivity contribution in [2.75, 3.05) is 0 Å². The summed E-state index contributed by atoms with van der Waals surface area (Å²) >= 11 is 0. The van der Waals surface area contributed by atoms with Gasteiger partial charge in [0.1, 0.15) is 5.78 Å². The Kier molecular flexibility index (Phi) is 5.36. The van der Waals surface area contributed by atoms with Crippen molar-refractivity contribution in [3.05, 3.63) is 0 Å². The third-order valence-corrected chi connectivity index (χ3v) is 2.18. The van der Waals surface area contributed by atoms with E-state index < -0.39 is 0 Å². The van der Waals surface area contributed by atoms with Crippen molar-refractivity contribution in [1.82, 2.24) is 0 Å². The molecule has 0 atom stereocenters. The van der Waals surface area contributed by atoms with Crippen LogP contribution in [-0.2, 0) is 4.79 Å². The molecule has 56 valence electrons. The quantitative estimate of drug-likeness (QED) is 0.517. The SMILES string of the molecule is CC(=O)C1CCCCC1.[MgH2]. The molecule has 1 rings (SSSR count). The Labute approximate surface area is 78.7 Å². The van der Waals surface area contributed by atoms with Gasteiger partial charge in [-0.25, -0.2) is 0 Å². The molecule has 0 aliphatic heterocycles. The van der Waals surface area contributed by atoms with E-state index in [2.05, 4.69) is 0 Å². The number of hydrogen-bond acceptors (Lipinski definition) is 1. The maximum Gasteiger partial charge on any atom is 0.316 e. The molecular formula is C8H16MgO. The van der Waals surface area contributed by atoms with Crippen LogP contribution in [0.4, 0.5) is 0 Å². The van der Waals surface area contributed by atoms with E-state index in [0.717, 1.165) is 12.8 Å². The Morgan fingerprint density at radius 2 is 1.70 bits per heavy atom. The third kappa shape index (κ3) is 3.02. The molecule has 0 aromatic rings. The van der Waals surface area contributed by atoms with Gasteiger partial charge in [-0.3, -0.25) is 4.79 Å². The highest BCUT2D eigenvalue weighted by Gasteiger charge is 2.16. The van der Waals surface area contributed by atoms with E-state index in [1.807, 2.05) is 0 Å². The molecule has 0 aromatic heterocycles. The Balaban J connectivity index is 0.000000810. The maximum atomic E-state index is 10.8. The molecule has 1 saturated carbocycles. The summed E-state index contributed by atoms with van der Waals surface area (Å²) in [5, 5.41) is 0. The average molecular weight is 153 g/mol. The van der Waals surface area contributed by atoms with E-state index in [1.54, 1.807) is 6.92 Å². The molecule has 0 saturated heterocycles. The average Bonchev–Trinajstić information content (AvgIpc) is 1.90. The number of hydrogen-bond donors (Lipinski definition) is 0. The molecule has 0 amide bonds. The van der Waals surface area contributed by atoms with Crippen molar-refractivity contribution in [3.63, 3.8) is 0 Å². The van der Waals surface area contributed by atoms with Gasteiger partial charge in [-0.05, 0) is 19.8 Å². The molecule has 0 N–H and O–H groups in total. The van der Waals surface area contributed by atoms with Gasteiger partial charge in [-0.15, -0.1) is 0 Å². The molecule has 1 fully saturated rings. The summed E-state index contributed by atoms with van der Waals surface area (Å²) in [6, 6.07) is 0. The summed E-state index contributed by atoms with van der Waals surface area (Å²) in [7, 11) is 0. The van der Waals surface area contributed by atoms with E-state index in [1.165, 1.54) is 19.3 Å². The van der Waals surface area contributed by atoms with Crippen LogP contribution in [0.25, 0.3) is 0 Å². The Hall–Kier alpha value is 0.436. The molecule has 1 nitrogen and oxygen atoms in total. The second-order valence-corrected chi connectivity index (χ2v) is 2.95. The largest absolute Gasteiger partial charge is 0.316 e. The van der Waals surface area contributed by atoms with Gasteiger partial charge in [0.25, 0.3) is 0 Å². The first-order valence-electron chi connectivity index (χ1n) is 3.81. The first-order chi connectivity index (χ1) is 4.30. The molecule has 0 unspecified atom stereocenters. The predicted molar refractivity (Wildman–Crippen MR) is 45.8 cm³/mol. The van der Waals surface area contributed by atoms with Crippen molar-refractivity contribution in [3.8, 4) is 0 Å². The van der Waals surface area contributed by atoms with E-state index >= 15 is 0 Å². The summed E-state index contributed by atoms with van der Waals surface area (Å²) in [6.45, 7) is 1.72. The first-order valence-corrected chi connectivity index (χ1v) is 3.81. The molecule has 10 heavy (non-hydrogen) atoms. The molecule has 0 aromatic carbocycles. The predicted octanol–water partition coefficient (Wildman–Crippen LogP) is 1.24. The standard InChI is InChI=1S/C8H14O.Mg.2H/c1-7(9)8-5-3-2-4-6-8;;;/h8H,2-6H2,1H3;;;. The minimum atomic E-state index is 0. The molecule has 0 bridgehead atoms. The van der Waals surface area contributed by atoms with Gasteiger partial charge in [0.2, 0.25) is 0 Å². The third-order valence-electron chi connectivity index (χ3n) is 2.18. The van der Waals surface area contributed by atoms with Gasteiger partial charge in [0, 0.05) is 5.92 Å². The number of carbonyl (C=O) groups excluding carboxylic acids is 1. The summed E-state index contributed by atoms with van der Waals surface area (Å²) < 4.78 is 0. The second kappa shape index (κ2) is 5.13. The van der Waals surface area contributed by atoms with Crippen molar-refractivity contribution in [1.29, 1.82) is 0 Å². The smallest absolute Gasteiger partial charge is 0.300 e. The summed E-state index contributed by atoms with van der Waals surface area (Å²) in [4.78, 5) is 10.8. The van der Waals surface area contributed by atoms with Crippen LogP contribution in [0.2, 0.25) is 0 Å². The Bertz CT molecular complexity index is 106. The zero-order valence-electron chi connectivity index (χ0n) is 6.02. The van der Waals surface area contributed by atoms with Gasteiger partial charge < -0.3 is 0 Å². The van der Waals surface area contributed by atoms with Gasteiger partial charge in [0.15, 0.2) is 0 Å². The van der Waals surface area contributed by atoms with Crippen LogP contribution in [-0.4, -0.2) is 28.8 Å². The Morgan fingerprint density at radius 3 is 2.00 bits per heavy atom. The second-order valence-electron chi connectivity index (χ2n) is 2.95. The molecular weight excluding hydrogens is 136 g/mol. The van der Waals surface area contributed by atoms with E-state index in [0.29, 0.717) is 11.7 Å². The van der Waals surface area contributed by atoms with Crippen LogP contribution in [0.5, 0.6) is 0 Å². The summed E-state index contributed by atoms with van der Waals surface area (Å²) in [5.74, 6) is 0.813. The maximum absolute atomic E-state index is 10.8. The minimum Gasteiger partial charge on any atom is -0.300 e. The van der Waals surface area contributed by atoms with Crippen LogP contribution >= 0.6 is 0 Å². The van der Waals surface area contributed by atoms with Crippen LogP contribution in [0.1, 0.15) is 39.0 Å². The van der Waals surface area contributed by atoms with Gasteiger partial charge >= 0.3 is 23.1 Å². The van der Waals surface area contributed by atoms with Crippen LogP contribution in [0.3, 0.4) is 0 Å². The van der Waals surface area contributed by atoms with Crippen molar-refractivity contribution in [2.24, 2.45) is 5.92 Å². The topological polar surface area (TPSA) is 17.1 Å². The first kappa shape index (κ1) is 10.4. The van der Waals surface area contributed by atoms with Gasteiger partial charge in [0.05, 0.1) is 0 Å². The lowest BCUT2D eigenvalue weighted by Crippen LogP contribution is -2.13. The highest BCUT2D eigenvalue weighted by atomic mass is 24.3. The van der Waals surface area contributed by atoms with Crippen molar-refractivity contribution in [2.45, 2.75) is 39.0 Å². The minimum absolute atomic E-state index is 0. The molecule has 2 heteroatoms. The molecule has 1 aliphatic rings. The fraction of sp³-hybridized carbons (Fsp3) is 0.875. The fourth-order valence-corrected chi connectivity index (χ4v) is 1.51. The number of Topliss-reactive ketones (excluding diaryl/α,β-unsaturated/α-hetero) is 1. The van der Waals surface area contributed by atoms with Crippen molar-refractivity contribution < 1.29 is 4.79 Å². The van der Waals surface area contributed by atoms with E-state index in [9.17, 15) is 4.79 Å². The lowest BCUT2D eigenvalue weighted by molar-refractivity contribution is -0.121. The van der Waals surface area contributed by atoms with Crippen LogP contribution in [0.15, 0.2) is 0 Å². The van der Waals surface area contributed by atoms with E-state index in [4.69, 9.17) is 0 Å². The normalized spacial score (nSPS) is 19.7. The molecule has 1 aliphatic carbocycles. The fourth-order valence-electron chi connectivity index (χ4n) is 1.51. The monoisotopic (exact) mass is 152 g/mol. The highest BCUT2D eigenvalue weighted by molar-refractivity contribution is 5.78. The molecule has 0 spiro atoms. The zero-order valence-corrected chi connectivity index (χ0v) is 6.02. The lowest BCUT2D eigenvalue weighted by atomic mass is 9.87. The zero-order chi connectivity index (χ0) is 6.69. The van der Waals surface area contributed by atoms with Gasteiger partial charge in [-0.1, -0.05) is 19.3 Å². The number of carbonyl (C=O) groups is 1.